The first-order chi connectivity index (χ1) is 8.13. The summed E-state index contributed by atoms with van der Waals surface area (Å²) in [7, 11) is 2.05. The average Bonchev–Trinajstić information content (AvgIpc) is 2.30. The van der Waals surface area contributed by atoms with E-state index in [1.54, 1.807) is 0 Å². The van der Waals surface area contributed by atoms with Gasteiger partial charge >= 0.3 is 0 Å². The van der Waals surface area contributed by atoms with Gasteiger partial charge in [0, 0.05) is 19.7 Å². The minimum absolute atomic E-state index is 0.372. The first-order valence-electron chi connectivity index (χ1n) is 7.11. The molecule has 17 heavy (non-hydrogen) atoms. The zero-order chi connectivity index (χ0) is 12.7. The Morgan fingerprint density at radius 3 is 2.47 bits per heavy atom. The second kappa shape index (κ2) is 7.34. The van der Waals surface area contributed by atoms with Crippen LogP contribution in [0.3, 0.4) is 0 Å². The molecular weight excluding hydrogens is 212 g/mol. The Hall–Kier alpha value is -0.120. The van der Waals surface area contributed by atoms with Gasteiger partial charge in [0.2, 0.25) is 0 Å². The van der Waals surface area contributed by atoms with E-state index in [-0.39, 0.29) is 0 Å². The highest BCUT2D eigenvalue weighted by atomic mass is 16.3. The van der Waals surface area contributed by atoms with E-state index in [4.69, 9.17) is 5.11 Å². The monoisotopic (exact) mass is 242 g/mol. The summed E-state index contributed by atoms with van der Waals surface area (Å²) < 4.78 is 0. The number of aliphatic hydroxyl groups excluding tert-OH is 1. The smallest absolute Gasteiger partial charge is 0.0460 e. The summed E-state index contributed by atoms with van der Waals surface area (Å²) in [4.78, 5) is 2.58. The van der Waals surface area contributed by atoms with Gasteiger partial charge in [0.05, 0.1) is 0 Å². The van der Waals surface area contributed by atoms with E-state index < -0.39 is 0 Å². The number of hydrogen-bond acceptors (Lipinski definition) is 3. The van der Waals surface area contributed by atoms with Crippen LogP contribution in [0.2, 0.25) is 0 Å². The molecule has 1 atom stereocenters. The van der Waals surface area contributed by atoms with Gasteiger partial charge in [0.25, 0.3) is 0 Å². The summed E-state index contributed by atoms with van der Waals surface area (Å²) >= 11 is 0. The van der Waals surface area contributed by atoms with Gasteiger partial charge < -0.3 is 15.3 Å². The number of piperidine rings is 1. The first kappa shape index (κ1) is 14.9. The van der Waals surface area contributed by atoms with Crippen molar-refractivity contribution < 1.29 is 5.11 Å². The van der Waals surface area contributed by atoms with Crippen molar-refractivity contribution in [1.82, 2.24) is 10.2 Å². The molecule has 0 saturated carbocycles. The van der Waals surface area contributed by atoms with Gasteiger partial charge in [0.1, 0.15) is 0 Å². The Bertz CT molecular complexity index is 194. The summed E-state index contributed by atoms with van der Waals surface area (Å²) in [5.41, 5.74) is 0.398. The molecule has 1 aliphatic heterocycles. The van der Waals surface area contributed by atoms with Gasteiger partial charge in [-0.2, -0.15) is 0 Å². The quantitative estimate of drug-likeness (QED) is 0.713. The standard InChI is InChI=1S/C14H30N2O/c1-4-7-14(2,11-15-3)12-16-8-5-13(10-17)6-9-16/h13,15,17H,4-12H2,1-3H3. The lowest BCUT2D eigenvalue weighted by Crippen LogP contribution is -2.45. The molecule has 1 fully saturated rings. The lowest BCUT2D eigenvalue weighted by molar-refractivity contribution is 0.0907. The molecule has 1 rings (SSSR count). The minimum atomic E-state index is 0.372. The van der Waals surface area contributed by atoms with E-state index in [9.17, 15) is 0 Å². The molecule has 1 heterocycles. The zero-order valence-electron chi connectivity index (χ0n) is 11.8. The van der Waals surface area contributed by atoms with Crippen LogP contribution in [-0.4, -0.2) is 49.8 Å². The van der Waals surface area contributed by atoms with Crippen molar-refractivity contribution in [2.45, 2.75) is 39.5 Å². The lowest BCUT2D eigenvalue weighted by Gasteiger charge is -2.39. The van der Waals surface area contributed by atoms with E-state index in [1.165, 1.54) is 19.4 Å². The molecule has 102 valence electrons. The van der Waals surface area contributed by atoms with Crippen LogP contribution in [0, 0.1) is 11.3 Å². The fourth-order valence-corrected chi connectivity index (χ4v) is 3.12. The molecule has 0 aliphatic carbocycles. The van der Waals surface area contributed by atoms with Gasteiger partial charge in [-0.05, 0) is 50.7 Å². The van der Waals surface area contributed by atoms with E-state index in [0.717, 1.165) is 32.5 Å². The van der Waals surface area contributed by atoms with Gasteiger partial charge in [0.15, 0.2) is 0 Å². The number of nitrogens with one attached hydrogen (secondary N) is 1. The third-order valence-electron chi connectivity index (χ3n) is 4.03. The fraction of sp³-hybridized carbons (Fsp3) is 1.00. The van der Waals surface area contributed by atoms with Crippen LogP contribution in [0.25, 0.3) is 0 Å². The summed E-state index contributed by atoms with van der Waals surface area (Å²) in [5.74, 6) is 0.549. The molecule has 0 aromatic heterocycles. The second-order valence-corrected chi connectivity index (χ2v) is 5.99. The maximum Gasteiger partial charge on any atom is 0.0460 e. The summed E-state index contributed by atoms with van der Waals surface area (Å²) in [6, 6.07) is 0. The van der Waals surface area contributed by atoms with Crippen molar-refractivity contribution in [3.63, 3.8) is 0 Å². The van der Waals surface area contributed by atoms with Crippen LogP contribution in [0.15, 0.2) is 0 Å². The predicted octanol–water partition coefficient (Wildman–Crippen LogP) is 1.72. The Kier molecular flexibility index (Phi) is 6.45. The Balaban J connectivity index is 2.40. The average molecular weight is 242 g/mol. The summed E-state index contributed by atoms with van der Waals surface area (Å²) in [6.07, 6.45) is 4.87. The highest BCUT2D eigenvalue weighted by molar-refractivity contribution is 4.82. The molecule has 0 spiro atoms. The van der Waals surface area contributed by atoms with Gasteiger partial charge in [-0.3, -0.25) is 0 Å². The van der Waals surface area contributed by atoms with Crippen LogP contribution in [0.1, 0.15) is 39.5 Å². The Morgan fingerprint density at radius 2 is 2.00 bits per heavy atom. The maximum atomic E-state index is 9.15. The second-order valence-electron chi connectivity index (χ2n) is 5.99. The minimum Gasteiger partial charge on any atom is -0.396 e. The molecule has 2 N–H and O–H groups in total. The number of nitrogens with zero attached hydrogens (tertiary/aromatic N) is 1. The number of hydrogen-bond donors (Lipinski definition) is 2. The van der Waals surface area contributed by atoms with Crippen molar-refractivity contribution in [3.05, 3.63) is 0 Å². The molecule has 1 unspecified atom stereocenters. The van der Waals surface area contributed by atoms with Gasteiger partial charge in [-0.1, -0.05) is 20.3 Å². The molecule has 3 nitrogen and oxygen atoms in total. The van der Waals surface area contributed by atoms with E-state index >= 15 is 0 Å². The molecule has 0 aromatic carbocycles. The SMILES string of the molecule is CCCC(C)(CNC)CN1CCC(CO)CC1. The first-order valence-corrected chi connectivity index (χ1v) is 7.11. The molecule has 0 bridgehead atoms. The van der Waals surface area contributed by atoms with E-state index in [0.29, 0.717) is 17.9 Å². The molecule has 0 aromatic rings. The van der Waals surface area contributed by atoms with Gasteiger partial charge in [-0.25, -0.2) is 0 Å². The zero-order valence-corrected chi connectivity index (χ0v) is 11.8. The predicted molar refractivity (Wildman–Crippen MR) is 73.2 cm³/mol. The largest absolute Gasteiger partial charge is 0.396 e. The summed E-state index contributed by atoms with van der Waals surface area (Å²) in [5, 5.41) is 12.5. The number of likely N-dealkylation sites (tertiary alicyclic amines) is 1. The van der Waals surface area contributed by atoms with Crippen molar-refractivity contribution >= 4 is 0 Å². The van der Waals surface area contributed by atoms with Crippen molar-refractivity contribution in [3.8, 4) is 0 Å². The van der Waals surface area contributed by atoms with Crippen molar-refractivity contribution in [2.75, 3.05) is 39.8 Å². The van der Waals surface area contributed by atoms with Gasteiger partial charge in [-0.15, -0.1) is 0 Å². The molecular formula is C14H30N2O. The van der Waals surface area contributed by atoms with Crippen LogP contribution < -0.4 is 5.32 Å². The molecule has 1 saturated heterocycles. The fourth-order valence-electron chi connectivity index (χ4n) is 3.12. The normalized spacial score (nSPS) is 22.6. The Morgan fingerprint density at radius 1 is 1.35 bits per heavy atom. The Labute approximate surface area is 107 Å². The van der Waals surface area contributed by atoms with Crippen LogP contribution in [0.5, 0.6) is 0 Å². The van der Waals surface area contributed by atoms with Crippen molar-refractivity contribution in [2.24, 2.45) is 11.3 Å². The van der Waals surface area contributed by atoms with E-state index in [2.05, 4.69) is 24.1 Å². The highest BCUT2D eigenvalue weighted by Crippen LogP contribution is 2.26. The molecule has 1 aliphatic rings. The summed E-state index contributed by atoms with van der Waals surface area (Å²) in [6.45, 7) is 9.65. The molecule has 0 amide bonds. The van der Waals surface area contributed by atoms with Crippen LogP contribution in [-0.2, 0) is 0 Å². The van der Waals surface area contributed by atoms with Crippen LogP contribution in [0.4, 0.5) is 0 Å². The molecule has 0 radical (unpaired) electrons. The highest BCUT2D eigenvalue weighted by Gasteiger charge is 2.28. The van der Waals surface area contributed by atoms with E-state index in [1.807, 2.05) is 7.05 Å². The lowest BCUT2D eigenvalue weighted by atomic mass is 9.84. The van der Waals surface area contributed by atoms with Crippen molar-refractivity contribution in [1.29, 1.82) is 0 Å². The maximum absolute atomic E-state index is 9.15. The molecule has 3 heteroatoms. The topological polar surface area (TPSA) is 35.5 Å². The van der Waals surface area contributed by atoms with Crippen LogP contribution >= 0.6 is 0 Å². The third-order valence-corrected chi connectivity index (χ3v) is 4.03. The third kappa shape index (κ3) is 4.94. The number of aliphatic hydroxyl groups is 1. The number of rotatable bonds is 7.